The average Bonchev–Trinajstić information content (AvgIpc) is 2.38. The predicted molar refractivity (Wildman–Crippen MR) is 79.2 cm³/mol. The Morgan fingerprint density at radius 1 is 1.52 bits per heavy atom. The van der Waals surface area contributed by atoms with Gasteiger partial charge in [-0.05, 0) is 28.1 Å². The molecule has 0 aliphatic carbocycles. The van der Waals surface area contributed by atoms with Crippen LogP contribution in [0.4, 0.5) is 14.9 Å². The number of carboxylic acids is 1. The second-order valence-corrected chi connectivity index (χ2v) is 5.30. The molecule has 0 aromatic heterocycles. The van der Waals surface area contributed by atoms with Crippen molar-refractivity contribution in [2.45, 2.75) is 12.5 Å². The summed E-state index contributed by atoms with van der Waals surface area (Å²) in [6, 6.07) is 1.60. The van der Waals surface area contributed by atoms with E-state index in [2.05, 4.69) is 26.6 Å². The van der Waals surface area contributed by atoms with Crippen molar-refractivity contribution in [3.05, 3.63) is 27.4 Å². The van der Waals surface area contributed by atoms with Crippen molar-refractivity contribution in [3.8, 4) is 0 Å². The number of carboxylic acid groups (broad SMARTS) is 1. The van der Waals surface area contributed by atoms with Gasteiger partial charge >= 0.3 is 12.0 Å². The molecule has 0 heterocycles. The highest BCUT2D eigenvalue weighted by Gasteiger charge is 2.15. The summed E-state index contributed by atoms with van der Waals surface area (Å²) in [7, 11) is 1.35. The Balaban J connectivity index is 2.60. The van der Waals surface area contributed by atoms with Crippen LogP contribution in [-0.4, -0.2) is 36.9 Å². The van der Waals surface area contributed by atoms with E-state index in [4.69, 9.17) is 21.4 Å². The molecule has 0 fully saturated rings. The van der Waals surface area contributed by atoms with Gasteiger partial charge in [-0.1, -0.05) is 11.6 Å². The molecule has 1 atom stereocenters. The third kappa shape index (κ3) is 5.86. The Morgan fingerprint density at radius 2 is 2.19 bits per heavy atom. The molecule has 21 heavy (non-hydrogen) atoms. The number of nitrogens with one attached hydrogen (secondary N) is 2. The molecule has 1 aromatic rings. The molecule has 1 rings (SSSR count). The molecular formula is C12H13BrClFN2O4. The number of hydrogen-bond donors (Lipinski definition) is 3. The summed E-state index contributed by atoms with van der Waals surface area (Å²) in [4.78, 5) is 22.3. The largest absolute Gasteiger partial charge is 0.481 e. The topological polar surface area (TPSA) is 87.7 Å². The van der Waals surface area contributed by atoms with Crippen LogP contribution < -0.4 is 10.6 Å². The van der Waals surface area contributed by atoms with E-state index in [1.54, 1.807) is 0 Å². The van der Waals surface area contributed by atoms with Gasteiger partial charge in [0.2, 0.25) is 0 Å². The smallest absolute Gasteiger partial charge is 0.319 e. The molecule has 0 saturated heterocycles. The maximum atomic E-state index is 13.1. The second kappa shape index (κ2) is 8.16. The standard InChI is InChI=1S/C12H13BrClFN2O4/c1-21-7(4-10(18)19)5-16-12(20)17-11-8(13)2-6(15)3-9(11)14/h2-3,7H,4-5H2,1H3,(H,18,19)(H2,16,17,20). The van der Waals surface area contributed by atoms with Crippen LogP contribution in [0, 0.1) is 5.82 Å². The third-order valence-electron chi connectivity index (χ3n) is 2.47. The van der Waals surface area contributed by atoms with Crippen LogP contribution in [0.25, 0.3) is 0 Å². The zero-order valence-corrected chi connectivity index (χ0v) is 13.3. The average molecular weight is 384 g/mol. The zero-order chi connectivity index (χ0) is 16.0. The van der Waals surface area contributed by atoms with Gasteiger partial charge in [0, 0.05) is 18.1 Å². The first-order valence-corrected chi connectivity index (χ1v) is 6.94. The molecule has 0 radical (unpaired) electrons. The molecule has 0 aliphatic heterocycles. The van der Waals surface area contributed by atoms with Crippen LogP contribution in [0.5, 0.6) is 0 Å². The van der Waals surface area contributed by atoms with E-state index in [0.29, 0.717) is 0 Å². The number of methoxy groups -OCH3 is 1. The van der Waals surface area contributed by atoms with Crippen LogP contribution >= 0.6 is 27.5 Å². The van der Waals surface area contributed by atoms with Gasteiger partial charge in [-0.2, -0.15) is 0 Å². The van der Waals surface area contributed by atoms with Gasteiger partial charge in [-0.25, -0.2) is 9.18 Å². The van der Waals surface area contributed by atoms with Gasteiger partial charge in [0.05, 0.1) is 23.2 Å². The van der Waals surface area contributed by atoms with Crippen LogP contribution in [0.15, 0.2) is 16.6 Å². The van der Waals surface area contributed by atoms with Crippen LogP contribution in [0.1, 0.15) is 6.42 Å². The summed E-state index contributed by atoms with van der Waals surface area (Å²) < 4.78 is 18.3. The first-order chi connectivity index (χ1) is 9.83. The monoisotopic (exact) mass is 382 g/mol. The van der Waals surface area contributed by atoms with Gasteiger partial charge in [-0.15, -0.1) is 0 Å². The highest BCUT2D eigenvalue weighted by molar-refractivity contribution is 9.10. The molecule has 0 spiro atoms. The number of hydrogen-bond acceptors (Lipinski definition) is 3. The lowest BCUT2D eigenvalue weighted by Crippen LogP contribution is -2.37. The number of aliphatic carboxylic acids is 1. The van der Waals surface area contributed by atoms with E-state index < -0.39 is 23.9 Å². The fourth-order valence-corrected chi connectivity index (χ4v) is 2.36. The number of rotatable bonds is 6. The summed E-state index contributed by atoms with van der Waals surface area (Å²) in [5.41, 5.74) is 0.211. The van der Waals surface area contributed by atoms with Crippen molar-refractivity contribution in [2.75, 3.05) is 19.0 Å². The molecular weight excluding hydrogens is 370 g/mol. The number of urea groups is 1. The number of anilines is 1. The molecule has 6 nitrogen and oxygen atoms in total. The van der Waals surface area contributed by atoms with E-state index in [0.717, 1.165) is 12.1 Å². The second-order valence-electron chi connectivity index (χ2n) is 4.04. The molecule has 2 amide bonds. The highest BCUT2D eigenvalue weighted by atomic mass is 79.9. The minimum Gasteiger partial charge on any atom is -0.481 e. The molecule has 0 bridgehead atoms. The van der Waals surface area contributed by atoms with Crippen molar-refractivity contribution in [3.63, 3.8) is 0 Å². The van der Waals surface area contributed by atoms with Crippen molar-refractivity contribution >= 4 is 45.2 Å². The Kier molecular flexibility index (Phi) is 6.86. The van der Waals surface area contributed by atoms with Gasteiger partial charge < -0.3 is 20.5 Å². The lowest BCUT2D eigenvalue weighted by molar-refractivity contribution is -0.139. The Hall–Kier alpha value is -1.38. The summed E-state index contributed by atoms with van der Waals surface area (Å²) >= 11 is 8.91. The number of ether oxygens (including phenoxy) is 1. The highest BCUT2D eigenvalue weighted by Crippen LogP contribution is 2.31. The van der Waals surface area contributed by atoms with Crippen LogP contribution in [0.2, 0.25) is 5.02 Å². The van der Waals surface area contributed by atoms with E-state index >= 15 is 0 Å². The van der Waals surface area contributed by atoms with Gasteiger partial charge in [0.25, 0.3) is 0 Å². The van der Waals surface area contributed by atoms with E-state index in [1.165, 1.54) is 7.11 Å². The van der Waals surface area contributed by atoms with Crippen molar-refractivity contribution in [1.29, 1.82) is 0 Å². The van der Waals surface area contributed by atoms with Crippen molar-refractivity contribution in [1.82, 2.24) is 5.32 Å². The van der Waals surface area contributed by atoms with Gasteiger partial charge in [0.15, 0.2) is 0 Å². The number of amides is 2. The van der Waals surface area contributed by atoms with Crippen molar-refractivity contribution < 1.29 is 23.8 Å². The molecule has 1 unspecified atom stereocenters. The number of carbonyl (C=O) groups is 2. The fraction of sp³-hybridized carbons (Fsp3) is 0.333. The molecule has 3 N–H and O–H groups in total. The van der Waals surface area contributed by atoms with Crippen LogP contribution in [0.3, 0.4) is 0 Å². The zero-order valence-electron chi connectivity index (χ0n) is 11.0. The molecule has 116 valence electrons. The minimum absolute atomic E-state index is 0.00503. The molecule has 1 aromatic carbocycles. The minimum atomic E-state index is -1.03. The lowest BCUT2D eigenvalue weighted by Gasteiger charge is -2.15. The van der Waals surface area contributed by atoms with Gasteiger partial charge in [0.1, 0.15) is 5.82 Å². The Labute approximate surface area is 133 Å². The number of benzene rings is 1. The first-order valence-electron chi connectivity index (χ1n) is 5.77. The number of carbonyl (C=O) groups excluding carboxylic acids is 1. The summed E-state index contributed by atoms with van der Waals surface area (Å²) in [5, 5.41) is 13.6. The maximum absolute atomic E-state index is 13.1. The SMILES string of the molecule is COC(CNC(=O)Nc1c(Cl)cc(F)cc1Br)CC(=O)O. The van der Waals surface area contributed by atoms with E-state index in [1.807, 2.05) is 0 Å². The maximum Gasteiger partial charge on any atom is 0.319 e. The Morgan fingerprint density at radius 3 is 2.71 bits per heavy atom. The summed E-state index contributed by atoms with van der Waals surface area (Å²) in [6.07, 6.45) is -0.891. The van der Waals surface area contributed by atoms with Crippen molar-refractivity contribution in [2.24, 2.45) is 0 Å². The summed E-state index contributed by atoms with van der Waals surface area (Å²) in [5.74, 6) is -1.58. The normalized spacial score (nSPS) is 11.8. The van der Waals surface area contributed by atoms with E-state index in [-0.39, 0.29) is 28.1 Å². The third-order valence-corrected chi connectivity index (χ3v) is 3.39. The predicted octanol–water partition coefficient (Wildman–Crippen LogP) is 2.85. The van der Waals surface area contributed by atoms with E-state index in [9.17, 15) is 14.0 Å². The summed E-state index contributed by atoms with van der Waals surface area (Å²) in [6.45, 7) is 0.00503. The lowest BCUT2D eigenvalue weighted by atomic mass is 10.2. The molecule has 0 saturated carbocycles. The molecule has 0 aliphatic rings. The first kappa shape index (κ1) is 17.7. The molecule has 9 heteroatoms. The van der Waals surface area contributed by atoms with Crippen LogP contribution in [-0.2, 0) is 9.53 Å². The quantitative estimate of drug-likeness (QED) is 0.705. The fourth-order valence-electron chi connectivity index (χ4n) is 1.46. The van der Waals surface area contributed by atoms with Gasteiger partial charge in [-0.3, -0.25) is 4.79 Å². The Bertz CT molecular complexity index is 521. The number of halogens is 3.